The fourth-order valence-corrected chi connectivity index (χ4v) is 4.87. The molecule has 98 valence electrons. The lowest BCUT2D eigenvalue weighted by Gasteiger charge is -2.44. The SMILES string of the molecule is O=C(CBr)N1CCC[C@]23C(=O)O[C@H](CC=C12)[C@H]3I. The average molecular weight is 426 g/mol. The Morgan fingerprint density at radius 1 is 1.67 bits per heavy atom. The molecule has 2 saturated heterocycles. The standard InChI is InChI=1S/C12H13BrINO3/c13-6-9(16)15-5-1-4-12-8(15)3-2-7(10(12)14)18-11(12)17/h3,7,10H,1-2,4-6H2/t7-,10-,12+/m1/s1. The summed E-state index contributed by atoms with van der Waals surface area (Å²) < 4.78 is 5.62. The van der Waals surface area contributed by atoms with Crippen LogP contribution in [-0.4, -0.2) is 38.7 Å². The molecule has 4 nitrogen and oxygen atoms in total. The van der Waals surface area contributed by atoms with E-state index in [0.717, 1.165) is 25.0 Å². The molecule has 0 aromatic rings. The molecule has 0 N–H and O–H groups in total. The molecule has 0 radical (unpaired) electrons. The van der Waals surface area contributed by atoms with Crippen LogP contribution in [0.4, 0.5) is 0 Å². The zero-order valence-corrected chi connectivity index (χ0v) is 13.4. The van der Waals surface area contributed by atoms with Crippen LogP contribution in [0.15, 0.2) is 11.8 Å². The van der Waals surface area contributed by atoms with Crippen molar-refractivity contribution < 1.29 is 14.3 Å². The van der Waals surface area contributed by atoms with Crippen molar-refractivity contribution in [2.45, 2.75) is 29.3 Å². The van der Waals surface area contributed by atoms with Crippen LogP contribution in [0, 0.1) is 5.41 Å². The van der Waals surface area contributed by atoms with Crippen molar-refractivity contribution in [2.75, 3.05) is 11.9 Å². The molecule has 18 heavy (non-hydrogen) atoms. The van der Waals surface area contributed by atoms with Gasteiger partial charge >= 0.3 is 5.97 Å². The second kappa shape index (κ2) is 4.47. The summed E-state index contributed by atoms with van der Waals surface area (Å²) >= 11 is 5.53. The normalized spacial score (nSPS) is 38.0. The highest BCUT2D eigenvalue weighted by Crippen LogP contribution is 2.55. The quantitative estimate of drug-likeness (QED) is 0.367. The highest BCUT2D eigenvalue weighted by atomic mass is 127. The molecule has 2 heterocycles. The second-order valence-electron chi connectivity index (χ2n) is 4.92. The first-order valence-corrected chi connectivity index (χ1v) is 8.40. The van der Waals surface area contributed by atoms with Crippen molar-refractivity contribution in [1.29, 1.82) is 0 Å². The summed E-state index contributed by atoms with van der Waals surface area (Å²) in [6, 6.07) is 0. The summed E-state index contributed by atoms with van der Waals surface area (Å²) in [6.45, 7) is 0.708. The summed E-state index contributed by atoms with van der Waals surface area (Å²) in [6.07, 6.45) is 4.40. The van der Waals surface area contributed by atoms with E-state index in [4.69, 9.17) is 4.74 Å². The number of halogens is 2. The summed E-state index contributed by atoms with van der Waals surface area (Å²) in [5.41, 5.74) is 0.316. The number of piperidine rings is 1. The van der Waals surface area contributed by atoms with Crippen LogP contribution in [0.5, 0.6) is 0 Å². The van der Waals surface area contributed by atoms with E-state index in [-0.39, 0.29) is 21.9 Å². The van der Waals surface area contributed by atoms with Crippen LogP contribution in [0.3, 0.4) is 0 Å². The van der Waals surface area contributed by atoms with Gasteiger partial charge in [-0.1, -0.05) is 44.6 Å². The van der Waals surface area contributed by atoms with E-state index in [1.165, 1.54) is 0 Å². The Morgan fingerprint density at radius 2 is 2.44 bits per heavy atom. The summed E-state index contributed by atoms with van der Waals surface area (Å²) in [4.78, 5) is 26.0. The first-order chi connectivity index (χ1) is 8.61. The van der Waals surface area contributed by atoms with Gasteiger partial charge in [0, 0.05) is 18.7 Å². The first kappa shape index (κ1) is 12.9. The van der Waals surface area contributed by atoms with E-state index in [1.807, 2.05) is 6.08 Å². The van der Waals surface area contributed by atoms with Gasteiger partial charge in [0.2, 0.25) is 5.91 Å². The van der Waals surface area contributed by atoms with Gasteiger partial charge in [0.1, 0.15) is 11.5 Å². The number of hydrogen-bond donors (Lipinski definition) is 0. The minimum absolute atomic E-state index is 0.0131. The van der Waals surface area contributed by atoms with Crippen LogP contribution in [0.1, 0.15) is 19.3 Å². The number of esters is 1. The number of amides is 1. The molecule has 0 unspecified atom stereocenters. The Hall–Kier alpha value is -0.110. The number of ether oxygens (including phenoxy) is 1. The molecule has 3 rings (SSSR count). The van der Waals surface area contributed by atoms with E-state index in [2.05, 4.69) is 38.5 Å². The molecular weight excluding hydrogens is 413 g/mol. The lowest BCUT2D eigenvalue weighted by Crippen LogP contribution is -2.51. The van der Waals surface area contributed by atoms with Crippen molar-refractivity contribution >= 4 is 50.4 Å². The lowest BCUT2D eigenvalue weighted by atomic mass is 9.71. The van der Waals surface area contributed by atoms with Crippen LogP contribution in [-0.2, 0) is 14.3 Å². The number of carbonyl (C=O) groups excluding carboxylic acids is 2. The highest BCUT2D eigenvalue weighted by molar-refractivity contribution is 14.1. The molecule has 0 aromatic carbocycles. The van der Waals surface area contributed by atoms with E-state index < -0.39 is 5.41 Å². The van der Waals surface area contributed by atoms with Crippen molar-refractivity contribution in [3.8, 4) is 0 Å². The van der Waals surface area contributed by atoms with Crippen LogP contribution in [0.25, 0.3) is 0 Å². The third-order valence-corrected chi connectivity index (χ3v) is 6.42. The molecule has 2 fully saturated rings. The third kappa shape index (κ3) is 1.54. The Morgan fingerprint density at radius 3 is 3.17 bits per heavy atom. The maximum atomic E-state index is 12.3. The predicted molar refractivity (Wildman–Crippen MR) is 77.6 cm³/mol. The lowest BCUT2D eigenvalue weighted by molar-refractivity contribution is -0.148. The Kier molecular flexibility index (Phi) is 3.20. The van der Waals surface area contributed by atoms with Crippen molar-refractivity contribution in [3.63, 3.8) is 0 Å². The minimum atomic E-state index is -0.570. The second-order valence-corrected chi connectivity index (χ2v) is 6.83. The molecule has 3 aliphatic rings. The van der Waals surface area contributed by atoms with Gasteiger partial charge in [0.05, 0.1) is 9.25 Å². The largest absolute Gasteiger partial charge is 0.460 e. The van der Waals surface area contributed by atoms with Gasteiger partial charge in [0.25, 0.3) is 0 Å². The van der Waals surface area contributed by atoms with Gasteiger partial charge in [-0.3, -0.25) is 9.59 Å². The van der Waals surface area contributed by atoms with Gasteiger partial charge < -0.3 is 9.64 Å². The van der Waals surface area contributed by atoms with E-state index in [0.29, 0.717) is 11.9 Å². The molecule has 2 bridgehead atoms. The van der Waals surface area contributed by atoms with Crippen LogP contribution >= 0.6 is 38.5 Å². The smallest absolute Gasteiger partial charge is 0.319 e. The van der Waals surface area contributed by atoms with Gasteiger partial charge in [-0.05, 0) is 12.8 Å². The number of hydrogen-bond acceptors (Lipinski definition) is 3. The number of carbonyl (C=O) groups is 2. The molecule has 2 aliphatic heterocycles. The summed E-state index contributed by atoms with van der Waals surface area (Å²) in [5, 5.41) is 0.296. The van der Waals surface area contributed by atoms with Crippen LogP contribution in [0.2, 0.25) is 0 Å². The minimum Gasteiger partial charge on any atom is -0.460 e. The zero-order valence-electron chi connectivity index (χ0n) is 9.70. The van der Waals surface area contributed by atoms with E-state index >= 15 is 0 Å². The van der Waals surface area contributed by atoms with Crippen molar-refractivity contribution in [2.24, 2.45) is 5.41 Å². The number of likely N-dealkylation sites (tertiary alicyclic amines) is 1. The highest BCUT2D eigenvalue weighted by Gasteiger charge is 2.62. The fraction of sp³-hybridized carbons (Fsp3) is 0.667. The maximum Gasteiger partial charge on any atom is 0.319 e. The number of fused-ring (bicyclic) bond motifs is 1. The molecular formula is C12H13BrINO3. The topological polar surface area (TPSA) is 46.6 Å². The molecule has 1 amide bonds. The summed E-state index contributed by atoms with van der Waals surface area (Å²) in [5.74, 6) is -0.107. The van der Waals surface area contributed by atoms with Gasteiger partial charge in [-0.25, -0.2) is 0 Å². The van der Waals surface area contributed by atoms with Crippen molar-refractivity contribution in [3.05, 3.63) is 11.8 Å². The van der Waals surface area contributed by atoms with Gasteiger partial charge in [-0.2, -0.15) is 0 Å². The number of rotatable bonds is 1. The zero-order chi connectivity index (χ0) is 12.9. The Balaban J connectivity index is 2.06. The molecule has 0 aromatic heterocycles. The summed E-state index contributed by atoms with van der Waals surface area (Å²) in [7, 11) is 0. The molecule has 1 aliphatic carbocycles. The van der Waals surface area contributed by atoms with Crippen molar-refractivity contribution in [1.82, 2.24) is 4.90 Å². The average Bonchev–Trinajstić information content (AvgIpc) is 2.54. The van der Waals surface area contributed by atoms with E-state index in [9.17, 15) is 9.59 Å². The monoisotopic (exact) mass is 425 g/mol. The molecule has 6 heteroatoms. The Bertz CT molecular complexity index is 453. The predicted octanol–water partition coefficient (Wildman–Crippen LogP) is 2.01. The number of alkyl halides is 2. The van der Waals surface area contributed by atoms with E-state index in [1.54, 1.807) is 4.90 Å². The Labute approximate surface area is 127 Å². The molecule has 0 saturated carbocycles. The first-order valence-electron chi connectivity index (χ1n) is 6.03. The van der Waals surface area contributed by atoms with Crippen LogP contribution < -0.4 is 0 Å². The molecule has 1 spiro atoms. The van der Waals surface area contributed by atoms with Gasteiger partial charge in [0.15, 0.2) is 0 Å². The van der Waals surface area contributed by atoms with Gasteiger partial charge in [-0.15, -0.1) is 0 Å². The third-order valence-electron chi connectivity index (χ3n) is 4.08. The molecule has 3 atom stereocenters. The fourth-order valence-electron chi connectivity index (χ4n) is 3.24. The number of nitrogens with zero attached hydrogens (tertiary/aromatic N) is 1. The maximum absolute atomic E-state index is 12.3.